The topological polar surface area (TPSA) is 72.0 Å². The highest BCUT2D eigenvalue weighted by Crippen LogP contribution is 2.31. The van der Waals surface area contributed by atoms with Crippen LogP contribution in [0.3, 0.4) is 0 Å². The first-order valence-electron chi connectivity index (χ1n) is 8.78. The fourth-order valence-corrected chi connectivity index (χ4v) is 3.37. The van der Waals surface area contributed by atoms with Gasteiger partial charge in [-0.25, -0.2) is 4.68 Å². The lowest BCUT2D eigenvalue weighted by Gasteiger charge is -2.38. The van der Waals surface area contributed by atoms with Crippen LogP contribution in [0.5, 0.6) is 0 Å². The van der Waals surface area contributed by atoms with Crippen molar-refractivity contribution >= 4 is 0 Å². The van der Waals surface area contributed by atoms with Crippen LogP contribution in [0.25, 0.3) is 0 Å². The van der Waals surface area contributed by atoms with Gasteiger partial charge in [0.1, 0.15) is 11.3 Å². The Morgan fingerprint density at radius 1 is 1.25 bits per heavy atom. The van der Waals surface area contributed by atoms with Crippen LogP contribution < -0.4 is 0 Å². The fourth-order valence-electron chi connectivity index (χ4n) is 3.37. The molecule has 0 aromatic carbocycles. The molecular formula is C17H28N6O. The number of β-amino-alcohol motifs (C(OH)–C–C–N with tert-alkyl or cyclic N) is 1. The highest BCUT2D eigenvalue weighted by Gasteiger charge is 2.37. The van der Waals surface area contributed by atoms with Crippen molar-refractivity contribution in [3.8, 4) is 0 Å². The van der Waals surface area contributed by atoms with Crippen LogP contribution >= 0.6 is 0 Å². The lowest BCUT2D eigenvalue weighted by atomic mass is 9.90. The van der Waals surface area contributed by atoms with E-state index in [1.807, 2.05) is 17.1 Å². The van der Waals surface area contributed by atoms with E-state index in [0.29, 0.717) is 18.3 Å². The number of hydrogen-bond acceptors (Lipinski definition) is 5. The molecule has 2 aromatic heterocycles. The summed E-state index contributed by atoms with van der Waals surface area (Å²) in [6.45, 7) is 10.7. The molecule has 3 rings (SSSR count). The zero-order valence-electron chi connectivity index (χ0n) is 15.1. The number of nitrogens with zero attached hydrogens (tertiary/aromatic N) is 6. The second-order valence-electron chi connectivity index (χ2n) is 7.38. The quantitative estimate of drug-likeness (QED) is 0.908. The van der Waals surface area contributed by atoms with Crippen molar-refractivity contribution in [3.05, 3.63) is 29.8 Å². The predicted octanol–water partition coefficient (Wildman–Crippen LogP) is 2.12. The Balaban J connectivity index is 1.74. The van der Waals surface area contributed by atoms with Gasteiger partial charge in [0, 0.05) is 31.4 Å². The molecule has 0 aliphatic carbocycles. The molecule has 1 fully saturated rings. The lowest BCUT2D eigenvalue weighted by Crippen LogP contribution is -2.46. The van der Waals surface area contributed by atoms with Crippen molar-refractivity contribution in [1.29, 1.82) is 0 Å². The van der Waals surface area contributed by atoms with E-state index in [-0.39, 0.29) is 6.04 Å². The van der Waals surface area contributed by atoms with Gasteiger partial charge in [-0.15, -0.1) is 5.10 Å². The molecule has 0 saturated carbocycles. The van der Waals surface area contributed by atoms with Crippen LogP contribution in [0.1, 0.15) is 64.0 Å². The van der Waals surface area contributed by atoms with E-state index >= 15 is 0 Å². The molecule has 1 atom stereocenters. The Morgan fingerprint density at radius 2 is 2.04 bits per heavy atom. The van der Waals surface area contributed by atoms with E-state index in [2.05, 4.69) is 54.1 Å². The zero-order chi connectivity index (χ0) is 17.3. The Hall–Kier alpha value is -1.73. The number of aliphatic hydroxyl groups is 1. The van der Waals surface area contributed by atoms with Crippen molar-refractivity contribution in [2.24, 2.45) is 0 Å². The number of hydrogen-bond donors (Lipinski definition) is 1. The van der Waals surface area contributed by atoms with Crippen LogP contribution in [0.15, 0.2) is 18.5 Å². The zero-order valence-corrected chi connectivity index (χ0v) is 15.1. The van der Waals surface area contributed by atoms with Gasteiger partial charge in [0.05, 0.1) is 11.9 Å². The third-order valence-corrected chi connectivity index (χ3v) is 4.69. The number of rotatable bonds is 5. The Bertz CT molecular complexity index is 676. The summed E-state index contributed by atoms with van der Waals surface area (Å²) in [5, 5.41) is 23.9. The smallest absolute Gasteiger partial charge is 0.123 e. The van der Waals surface area contributed by atoms with Crippen LogP contribution in [-0.2, 0) is 12.1 Å². The molecule has 1 aliphatic rings. The van der Waals surface area contributed by atoms with Crippen LogP contribution in [-0.4, -0.2) is 47.9 Å². The average Bonchev–Trinajstić information content (AvgIpc) is 3.16. The SMILES string of the molecule is CC(C)n1cc(C2(O)CCCN(Cc3ccnn3C(C)C)C2)nn1. The molecule has 1 saturated heterocycles. The largest absolute Gasteiger partial charge is 0.382 e. The van der Waals surface area contributed by atoms with E-state index in [9.17, 15) is 5.11 Å². The molecule has 0 bridgehead atoms. The molecule has 132 valence electrons. The van der Waals surface area contributed by atoms with Gasteiger partial charge in [-0.3, -0.25) is 9.58 Å². The van der Waals surface area contributed by atoms with Crippen molar-refractivity contribution in [3.63, 3.8) is 0 Å². The standard InChI is InChI=1S/C17H28N6O/c1-13(2)22-11-16(19-20-22)17(24)7-5-9-21(12-17)10-15-6-8-18-23(15)14(3)4/h6,8,11,13-14,24H,5,7,9-10,12H2,1-4H3. The Labute approximate surface area is 143 Å². The van der Waals surface area contributed by atoms with Gasteiger partial charge in [0.15, 0.2) is 0 Å². The molecule has 1 unspecified atom stereocenters. The maximum atomic E-state index is 11.1. The molecule has 0 radical (unpaired) electrons. The normalized spacial score (nSPS) is 22.6. The first-order valence-corrected chi connectivity index (χ1v) is 8.78. The van der Waals surface area contributed by atoms with Crippen LogP contribution in [0, 0.1) is 0 Å². The van der Waals surface area contributed by atoms with Gasteiger partial charge >= 0.3 is 0 Å². The molecule has 1 aliphatic heterocycles. The summed E-state index contributed by atoms with van der Waals surface area (Å²) in [7, 11) is 0. The molecule has 1 N–H and O–H groups in total. The van der Waals surface area contributed by atoms with E-state index < -0.39 is 5.60 Å². The third kappa shape index (κ3) is 3.37. The summed E-state index contributed by atoms with van der Waals surface area (Å²) in [5.74, 6) is 0. The molecule has 0 amide bonds. The summed E-state index contributed by atoms with van der Waals surface area (Å²) in [6.07, 6.45) is 5.40. The van der Waals surface area contributed by atoms with E-state index in [1.54, 1.807) is 4.68 Å². The molecular weight excluding hydrogens is 304 g/mol. The summed E-state index contributed by atoms with van der Waals surface area (Å²) >= 11 is 0. The van der Waals surface area contributed by atoms with Crippen molar-refractivity contribution in [1.82, 2.24) is 29.7 Å². The minimum atomic E-state index is -0.923. The maximum absolute atomic E-state index is 11.1. The summed E-state index contributed by atoms with van der Waals surface area (Å²) in [6, 6.07) is 2.64. The summed E-state index contributed by atoms with van der Waals surface area (Å²) in [5.41, 5.74) is 0.937. The van der Waals surface area contributed by atoms with E-state index in [1.165, 1.54) is 5.69 Å². The third-order valence-electron chi connectivity index (χ3n) is 4.69. The Morgan fingerprint density at radius 3 is 2.71 bits per heavy atom. The van der Waals surface area contributed by atoms with Gasteiger partial charge in [-0.2, -0.15) is 5.10 Å². The van der Waals surface area contributed by atoms with Gasteiger partial charge in [-0.1, -0.05) is 5.21 Å². The van der Waals surface area contributed by atoms with Crippen molar-refractivity contribution in [2.45, 2.75) is 64.8 Å². The van der Waals surface area contributed by atoms with Gasteiger partial charge in [0.25, 0.3) is 0 Å². The van der Waals surface area contributed by atoms with Crippen molar-refractivity contribution < 1.29 is 5.11 Å². The molecule has 2 aromatic rings. The fraction of sp³-hybridized carbons (Fsp3) is 0.706. The molecule has 24 heavy (non-hydrogen) atoms. The number of aromatic nitrogens is 5. The van der Waals surface area contributed by atoms with Crippen LogP contribution in [0.2, 0.25) is 0 Å². The first-order chi connectivity index (χ1) is 11.4. The van der Waals surface area contributed by atoms with E-state index in [0.717, 1.165) is 25.9 Å². The number of piperidine rings is 1. The second-order valence-corrected chi connectivity index (χ2v) is 7.38. The Kier molecular flexibility index (Phi) is 4.73. The van der Waals surface area contributed by atoms with Crippen LogP contribution in [0.4, 0.5) is 0 Å². The summed E-state index contributed by atoms with van der Waals surface area (Å²) in [4.78, 5) is 2.29. The first kappa shape index (κ1) is 17.1. The molecule has 7 nitrogen and oxygen atoms in total. The predicted molar refractivity (Wildman–Crippen MR) is 91.4 cm³/mol. The van der Waals surface area contributed by atoms with Gasteiger partial charge < -0.3 is 5.11 Å². The average molecular weight is 332 g/mol. The second kappa shape index (κ2) is 6.64. The highest BCUT2D eigenvalue weighted by atomic mass is 16.3. The van der Waals surface area contributed by atoms with E-state index in [4.69, 9.17) is 0 Å². The van der Waals surface area contributed by atoms with Gasteiger partial charge in [0.2, 0.25) is 0 Å². The molecule has 0 spiro atoms. The lowest BCUT2D eigenvalue weighted by molar-refractivity contribution is -0.0421. The summed E-state index contributed by atoms with van der Waals surface area (Å²) < 4.78 is 3.85. The number of likely N-dealkylation sites (tertiary alicyclic amines) is 1. The highest BCUT2D eigenvalue weighted by molar-refractivity contribution is 5.11. The van der Waals surface area contributed by atoms with Crippen molar-refractivity contribution in [2.75, 3.05) is 13.1 Å². The maximum Gasteiger partial charge on any atom is 0.123 e. The molecule has 7 heteroatoms. The monoisotopic (exact) mass is 332 g/mol. The minimum Gasteiger partial charge on any atom is -0.382 e. The minimum absolute atomic E-state index is 0.245. The van der Waals surface area contributed by atoms with Gasteiger partial charge in [-0.05, 0) is 53.1 Å². The molecule has 3 heterocycles.